The lowest BCUT2D eigenvalue weighted by Crippen LogP contribution is -2.20. The number of aromatic nitrogens is 1. The quantitative estimate of drug-likeness (QED) is 0.443. The lowest BCUT2D eigenvalue weighted by molar-refractivity contribution is -0.385. The van der Waals surface area contributed by atoms with Crippen LogP contribution in [0.15, 0.2) is 16.7 Å². The normalized spacial score (nSPS) is 10.7. The number of nitrogens with one attached hydrogen (secondary N) is 1. The van der Waals surface area contributed by atoms with E-state index in [1.54, 1.807) is 0 Å². The van der Waals surface area contributed by atoms with Gasteiger partial charge < -0.3 is 15.0 Å². The van der Waals surface area contributed by atoms with Gasteiger partial charge in [0.2, 0.25) is 0 Å². The largest absolute Gasteiger partial charge is 0.378 e. The van der Waals surface area contributed by atoms with Crippen LogP contribution in [0.1, 0.15) is 0 Å². The van der Waals surface area contributed by atoms with Crippen LogP contribution in [0.25, 0.3) is 0 Å². The molecule has 0 aliphatic rings. The molecular formula is C11H17BrN4O3. The molecule has 1 N–H and O–H groups in total. The molecule has 0 unspecified atom stereocenters. The molecule has 1 rings (SSSR count). The molecule has 7 nitrogen and oxygen atoms in total. The van der Waals surface area contributed by atoms with E-state index >= 15 is 0 Å². The molecule has 1 aromatic heterocycles. The predicted octanol–water partition coefficient (Wildman–Crippen LogP) is 1.74. The highest BCUT2D eigenvalue weighted by Gasteiger charge is 2.09. The maximum absolute atomic E-state index is 10.6. The van der Waals surface area contributed by atoms with Crippen LogP contribution in [-0.4, -0.2) is 55.2 Å². The molecule has 0 aliphatic heterocycles. The number of hydrogen-bond donors (Lipinski definition) is 1. The third-order valence-corrected chi connectivity index (χ3v) is 2.86. The van der Waals surface area contributed by atoms with Gasteiger partial charge in [0.25, 0.3) is 5.69 Å². The number of hydrogen-bond acceptors (Lipinski definition) is 6. The molecule has 1 heterocycles. The Labute approximate surface area is 120 Å². The van der Waals surface area contributed by atoms with Crippen LogP contribution in [-0.2, 0) is 4.74 Å². The SMILES string of the molecule is CN(C)CCOCCNc1ncc([N+](=O)[O-])cc1Br. The highest BCUT2D eigenvalue weighted by molar-refractivity contribution is 9.10. The van der Waals surface area contributed by atoms with Crippen molar-refractivity contribution in [3.05, 3.63) is 26.9 Å². The lowest BCUT2D eigenvalue weighted by atomic mass is 10.4. The number of pyridine rings is 1. The Bertz CT molecular complexity index is 428. The fraction of sp³-hybridized carbons (Fsp3) is 0.545. The second-order valence-electron chi connectivity index (χ2n) is 4.12. The average Bonchev–Trinajstić information content (AvgIpc) is 2.34. The first-order chi connectivity index (χ1) is 9.00. The van der Waals surface area contributed by atoms with Gasteiger partial charge in [0.1, 0.15) is 12.0 Å². The summed E-state index contributed by atoms with van der Waals surface area (Å²) in [6.07, 6.45) is 1.22. The van der Waals surface area contributed by atoms with Crippen LogP contribution in [0.5, 0.6) is 0 Å². The minimum atomic E-state index is -0.480. The second kappa shape index (κ2) is 8.03. The third-order valence-electron chi connectivity index (χ3n) is 2.26. The number of nitro groups is 1. The van der Waals surface area contributed by atoms with Crippen LogP contribution in [0.4, 0.5) is 11.5 Å². The Balaban J connectivity index is 2.32. The van der Waals surface area contributed by atoms with Crippen molar-refractivity contribution in [2.75, 3.05) is 45.7 Å². The van der Waals surface area contributed by atoms with E-state index in [1.807, 2.05) is 19.0 Å². The van der Waals surface area contributed by atoms with Crippen molar-refractivity contribution in [2.45, 2.75) is 0 Å². The summed E-state index contributed by atoms with van der Waals surface area (Å²) < 4.78 is 5.98. The summed E-state index contributed by atoms with van der Waals surface area (Å²) in [5.74, 6) is 0.571. The Morgan fingerprint density at radius 3 is 2.84 bits per heavy atom. The Morgan fingerprint density at radius 1 is 1.53 bits per heavy atom. The van der Waals surface area contributed by atoms with E-state index in [-0.39, 0.29) is 5.69 Å². The zero-order valence-corrected chi connectivity index (χ0v) is 12.5. The van der Waals surface area contributed by atoms with E-state index in [4.69, 9.17) is 4.74 Å². The highest BCUT2D eigenvalue weighted by atomic mass is 79.9. The Morgan fingerprint density at radius 2 is 2.26 bits per heavy atom. The lowest BCUT2D eigenvalue weighted by Gasteiger charge is -2.10. The topological polar surface area (TPSA) is 80.5 Å². The molecule has 0 bridgehead atoms. The zero-order chi connectivity index (χ0) is 14.3. The number of likely N-dealkylation sites (N-methyl/N-ethyl adjacent to an activating group) is 1. The molecule has 0 fully saturated rings. The standard InChI is InChI=1S/C11H17BrN4O3/c1-15(2)4-6-19-5-3-13-11-10(12)7-9(8-14-11)16(17)18/h7-8H,3-6H2,1-2H3,(H,13,14). The van der Waals surface area contributed by atoms with Gasteiger partial charge in [0.05, 0.1) is 22.6 Å². The van der Waals surface area contributed by atoms with Crippen LogP contribution < -0.4 is 5.32 Å². The van der Waals surface area contributed by atoms with Crippen molar-refractivity contribution in [3.8, 4) is 0 Å². The van der Waals surface area contributed by atoms with Crippen molar-refractivity contribution in [1.82, 2.24) is 9.88 Å². The van der Waals surface area contributed by atoms with Gasteiger partial charge in [-0.05, 0) is 30.0 Å². The smallest absolute Gasteiger partial charge is 0.288 e. The molecule has 0 aliphatic carbocycles. The molecule has 0 atom stereocenters. The van der Waals surface area contributed by atoms with Gasteiger partial charge in [0, 0.05) is 19.2 Å². The van der Waals surface area contributed by atoms with Crippen molar-refractivity contribution in [3.63, 3.8) is 0 Å². The van der Waals surface area contributed by atoms with Crippen LogP contribution in [0.2, 0.25) is 0 Å². The molecular weight excluding hydrogens is 316 g/mol. The summed E-state index contributed by atoms with van der Waals surface area (Å²) in [4.78, 5) is 16.1. The van der Waals surface area contributed by atoms with E-state index in [1.165, 1.54) is 12.3 Å². The molecule has 8 heteroatoms. The number of anilines is 1. The molecule has 0 radical (unpaired) electrons. The van der Waals surface area contributed by atoms with Gasteiger partial charge in [-0.15, -0.1) is 0 Å². The fourth-order valence-corrected chi connectivity index (χ4v) is 1.73. The summed E-state index contributed by atoms with van der Waals surface area (Å²) in [5.41, 5.74) is -0.0420. The van der Waals surface area contributed by atoms with Crippen LogP contribution >= 0.6 is 15.9 Å². The maximum Gasteiger partial charge on any atom is 0.288 e. The first-order valence-corrected chi connectivity index (χ1v) is 6.56. The Hall–Kier alpha value is -1.25. The zero-order valence-electron chi connectivity index (χ0n) is 10.9. The van der Waals surface area contributed by atoms with Gasteiger partial charge in [-0.1, -0.05) is 0 Å². The van der Waals surface area contributed by atoms with Crippen LogP contribution in [0.3, 0.4) is 0 Å². The highest BCUT2D eigenvalue weighted by Crippen LogP contribution is 2.23. The first kappa shape index (κ1) is 15.8. The van der Waals surface area contributed by atoms with Crippen molar-refractivity contribution < 1.29 is 9.66 Å². The molecule has 19 heavy (non-hydrogen) atoms. The Kier molecular flexibility index (Phi) is 6.68. The van der Waals surface area contributed by atoms with E-state index in [9.17, 15) is 10.1 Å². The fourth-order valence-electron chi connectivity index (χ4n) is 1.25. The summed E-state index contributed by atoms with van der Waals surface area (Å²) in [6, 6.07) is 1.42. The summed E-state index contributed by atoms with van der Waals surface area (Å²) in [7, 11) is 3.97. The average molecular weight is 333 g/mol. The number of nitrogens with zero attached hydrogens (tertiary/aromatic N) is 3. The second-order valence-corrected chi connectivity index (χ2v) is 4.98. The van der Waals surface area contributed by atoms with E-state index < -0.39 is 4.92 Å². The predicted molar refractivity (Wildman–Crippen MR) is 76.5 cm³/mol. The molecule has 1 aromatic rings. The molecule has 0 spiro atoms. The van der Waals surface area contributed by atoms with E-state index in [0.717, 1.165) is 6.54 Å². The third kappa shape index (κ3) is 5.95. The van der Waals surface area contributed by atoms with Gasteiger partial charge in [-0.3, -0.25) is 10.1 Å². The van der Waals surface area contributed by atoms with E-state index in [2.05, 4.69) is 26.2 Å². The molecule has 0 amide bonds. The van der Waals surface area contributed by atoms with Crippen molar-refractivity contribution in [2.24, 2.45) is 0 Å². The van der Waals surface area contributed by atoms with Gasteiger partial charge in [-0.25, -0.2) is 4.98 Å². The van der Waals surface area contributed by atoms with Crippen molar-refractivity contribution in [1.29, 1.82) is 0 Å². The maximum atomic E-state index is 10.6. The number of rotatable bonds is 8. The summed E-state index contributed by atoms with van der Waals surface area (Å²) in [5, 5.41) is 13.6. The minimum Gasteiger partial charge on any atom is -0.378 e. The number of ether oxygens (including phenoxy) is 1. The van der Waals surface area contributed by atoms with E-state index in [0.29, 0.717) is 30.0 Å². The van der Waals surface area contributed by atoms with Gasteiger partial charge in [-0.2, -0.15) is 0 Å². The molecule has 0 saturated carbocycles. The van der Waals surface area contributed by atoms with Gasteiger partial charge in [0.15, 0.2) is 0 Å². The molecule has 106 valence electrons. The van der Waals surface area contributed by atoms with Crippen LogP contribution in [0, 0.1) is 10.1 Å². The van der Waals surface area contributed by atoms with Crippen molar-refractivity contribution >= 4 is 27.4 Å². The monoisotopic (exact) mass is 332 g/mol. The minimum absolute atomic E-state index is 0.0420. The molecule has 0 saturated heterocycles. The first-order valence-electron chi connectivity index (χ1n) is 5.77. The number of halogens is 1. The van der Waals surface area contributed by atoms with Gasteiger partial charge >= 0.3 is 0 Å². The summed E-state index contributed by atoms with van der Waals surface area (Å²) >= 11 is 3.24. The molecule has 0 aromatic carbocycles. The summed E-state index contributed by atoms with van der Waals surface area (Å²) in [6.45, 7) is 2.69.